The summed E-state index contributed by atoms with van der Waals surface area (Å²) < 4.78 is 18.6. The van der Waals surface area contributed by atoms with Crippen molar-refractivity contribution < 1.29 is 26.0 Å². The summed E-state index contributed by atoms with van der Waals surface area (Å²) >= 11 is 0. The van der Waals surface area contributed by atoms with Crippen LogP contribution >= 0.6 is 0 Å². The molecule has 1 aliphatic rings. The first-order valence-electron chi connectivity index (χ1n) is 9.43. The number of anilines is 1. The van der Waals surface area contributed by atoms with Crippen molar-refractivity contribution in [3.63, 3.8) is 0 Å². The molecule has 0 spiro atoms. The number of rotatable bonds is 6. The van der Waals surface area contributed by atoms with Gasteiger partial charge in [0.15, 0.2) is 11.4 Å². The Morgan fingerprint density at radius 1 is 1.00 bits per heavy atom. The van der Waals surface area contributed by atoms with Crippen LogP contribution in [-0.4, -0.2) is 43.4 Å². The van der Waals surface area contributed by atoms with Gasteiger partial charge < -0.3 is 21.7 Å². The van der Waals surface area contributed by atoms with E-state index >= 15 is 0 Å². The molecule has 1 saturated heterocycles. The summed E-state index contributed by atoms with van der Waals surface area (Å²) in [6.45, 7) is 4.76. The highest BCUT2D eigenvalue weighted by Crippen LogP contribution is 2.28. The normalized spacial score (nSPS) is 14.8. The van der Waals surface area contributed by atoms with Crippen LogP contribution in [0.3, 0.4) is 0 Å². The summed E-state index contributed by atoms with van der Waals surface area (Å²) in [5.41, 5.74) is 2.70. The Kier molecular flexibility index (Phi) is 6.70. The fraction of sp³-hybridized carbons (Fsp3) is 0.318. The van der Waals surface area contributed by atoms with Gasteiger partial charge in [0, 0.05) is 43.5 Å². The third-order valence-corrected chi connectivity index (χ3v) is 5.22. The first kappa shape index (κ1) is 20.4. The van der Waals surface area contributed by atoms with Crippen LogP contribution in [0.15, 0.2) is 59.2 Å². The number of para-hydroxylation sites is 1. The minimum absolute atomic E-state index is 0. The number of carbonyl (C=O) groups is 1. The van der Waals surface area contributed by atoms with Gasteiger partial charge in [-0.25, -0.2) is 4.39 Å². The number of benzene rings is 2. The molecular formula is C22H23ClFN2O2-. The molecule has 0 aliphatic carbocycles. The number of halogens is 2. The summed E-state index contributed by atoms with van der Waals surface area (Å²) in [6.07, 6.45) is 3.06. The summed E-state index contributed by atoms with van der Waals surface area (Å²) in [5.74, 6) is -0.229. The minimum atomic E-state index is -0.310. The highest BCUT2D eigenvalue weighted by Gasteiger charge is 2.19. The predicted molar refractivity (Wildman–Crippen MR) is 105 cm³/mol. The largest absolute Gasteiger partial charge is 1.00 e. The van der Waals surface area contributed by atoms with Crippen molar-refractivity contribution in [2.75, 3.05) is 37.6 Å². The number of nitrogens with zero attached hydrogens (tertiary/aromatic N) is 2. The number of hydrogen-bond acceptors (Lipinski definition) is 4. The smallest absolute Gasteiger partial charge is 0.162 e. The fourth-order valence-electron chi connectivity index (χ4n) is 3.68. The summed E-state index contributed by atoms with van der Waals surface area (Å²) in [4.78, 5) is 16.9. The molecule has 28 heavy (non-hydrogen) atoms. The molecule has 2 heterocycles. The van der Waals surface area contributed by atoms with E-state index in [1.165, 1.54) is 12.1 Å². The Morgan fingerprint density at radius 3 is 2.50 bits per heavy atom. The van der Waals surface area contributed by atoms with E-state index in [-0.39, 0.29) is 24.0 Å². The lowest BCUT2D eigenvalue weighted by molar-refractivity contribution is -0.0000143. The molecule has 6 heteroatoms. The molecule has 0 amide bonds. The number of Topliss-reactive ketones (excluding diaryl/α,β-unsaturated/α-hetero) is 1. The van der Waals surface area contributed by atoms with E-state index in [9.17, 15) is 9.18 Å². The van der Waals surface area contributed by atoms with Gasteiger partial charge in [0.1, 0.15) is 5.82 Å². The summed E-state index contributed by atoms with van der Waals surface area (Å²) in [7, 11) is 0. The molecule has 0 radical (unpaired) electrons. The first-order valence-corrected chi connectivity index (χ1v) is 9.43. The van der Waals surface area contributed by atoms with Crippen LogP contribution in [0.4, 0.5) is 10.1 Å². The molecule has 0 atom stereocenters. The highest BCUT2D eigenvalue weighted by molar-refractivity contribution is 5.96. The van der Waals surface area contributed by atoms with Gasteiger partial charge in [-0.15, -0.1) is 0 Å². The third kappa shape index (κ3) is 4.54. The second-order valence-electron chi connectivity index (χ2n) is 6.98. The SMILES string of the molecule is O=C(CCCN1CCN(c2cccc3ccoc23)CC1)c1ccc(F)cc1.[Cl-]. The van der Waals surface area contributed by atoms with E-state index in [4.69, 9.17) is 4.42 Å². The molecule has 2 aromatic carbocycles. The number of carbonyl (C=O) groups excluding carboxylic acids is 1. The Balaban J connectivity index is 0.00000225. The summed E-state index contributed by atoms with van der Waals surface area (Å²) in [5, 5.41) is 1.13. The topological polar surface area (TPSA) is 36.7 Å². The van der Waals surface area contributed by atoms with E-state index in [2.05, 4.69) is 28.0 Å². The van der Waals surface area contributed by atoms with Crippen molar-refractivity contribution >= 4 is 22.4 Å². The summed E-state index contributed by atoms with van der Waals surface area (Å²) in [6, 6.07) is 14.0. The van der Waals surface area contributed by atoms with Crippen LogP contribution in [0.1, 0.15) is 23.2 Å². The molecule has 1 aliphatic heterocycles. The molecule has 0 N–H and O–H groups in total. The van der Waals surface area contributed by atoms with Crippen molar-refractivity contribution in [3.8, 4) is 0 Å². The molecule has 0 unspecified atom stereocenters. The Hall–Kier alpha value is -2.37. The Morgan fingerprint density at radius 2 is 1.75 bits per heavy atom. The van der Waals surface area contributed by atoms with Crippen molar-refractivity contribution in [1.82, 2.24) is 4.90 Å². The average Bonchev–Trinajstić information content (AvgIpc) is 3.18. The third-order valence-electron chi connectivity index (χ3n) is 5.22. The van der Waals surface area contributed by atoms with E-state index in [1.807, 2.05) is 6.07 Å². The predicted octanol–water partition coefficient (Wildman–Crippen LogP) is 1.36. The van der Waals surface area contributed by atoms with Gasteiger partial charge in [-0.2, -0.15) is 0 Å². The maximum absolute atomic E-state index is 12.9. The Labute approximate surface area is 170 Å². The number of fused-ring (bicyclic) bond motifs is 1. The Bertz CT molecular complexity index is 918. The van der Waals surface area contributed by atoms with Crippen LogP contribution in [0, 0.1) is 5.82 Å². The van der Waals surface area contributed by atoms with Gasteiger partial charge in [0.25, 0.3) is 0 Å². The molecule has 148 valence electrons. The van der Waals surface area contributed by atoms with Gasteiger partial charge in [0.2, 0.25) is 0 Å². The fourth-order valence-corrected chi connectivity index (χ4v) is 3.68. The molecule has 0 bridgehead atoms. The number of hydrogen-bond donors (Lipinski definition) is 0. The van der Waals surface area contributed by atoms with E-state index in [0.717, 1.165) is 55.8 Å². The van der Waals surface area contributed by atoms with Crippen molar-refractivity contribution in [2.45, 2.75) is 12.8 Å². The van der Waals surface area contributed by atoms with E-state index in [1.54, 1.807) is 18.4 Å². The molecule has 1 fully saturated rings. The van der Waals surface area contributed by atoms with Gasteiger partial charge in [-0.1, -0.05) is 12.1 Å². The lowest BCUT2D eigenvalue weighted by Gasteiger charge is -2.36. The van der Waals surface area contributed by atoms with Crippen molar-refractivity contribution in [1.29, 1.82) is 0 Å². The quantitative estimate of drug-likeness (QED) is 0.584. The zero-order chi connectivity index (χ0) is 18.6. The second kappa shape index (κ2) is 9.22. The second-order valence-corrected chi connectivity index (χ2v) is 6.98. The maximum atomic E-state index is 12.9. The first-order chi connectivity index (χ1) is 13.2. The maximum Gasteiger partial charge on any atom is 0.162 e. The van der Waals surface area contributed by atoms with Gasteiger partial charge >= 0.3 is 0 Å². The van der Waals surface area contributed by atoms with Gasteiger partial charge in [-0.3, -0.25) is 9.69 Å². The molecule has 0 saturated carbocycles. The number of ketones is 1. The van der Waals surface area contributed by atoms with Crippen LogP contribution < -0.4 is 17.3 Å². The van der Waals surface area contributed by atoms with Crippen molar-refractivity contribution in [2.24, 2.45) is 0 Å². The van der Waals surface area contributed by atoms with Crippen LogP contribution in [0.5, 0.6) is 0 Å². The lowest BCUT2D eigenvalue weighted by atomic mass is 10.1. The molecule has 3 aromatic rings. The van der Waals surface area contributed by atoms with Crippen LogP contribution in [0.25, 0.3) is 11.0 Å². The highest BCUT2D eigenvalue weighted by atomic mass is 35.5. The molecule has 4 rings (SSSR count). The number of furan rings is 1. The number of piperazine rings is 1. The van der Waals surface area contributed by atoms with Crippen LogP contribution in [-0.2, 0) is 0 Å². The van der Waals surface area contributed by atoms with Gasteiger partial charge in [0.05, 0.1) is 12.0 Å². The minimum Gasteiger partial charge on any atom is -1.00 e. The monoisotopic (exact) mass is 401 g/mol. The molecule has 1 aromatic heterocycles. The van der Waals surface area contributed by atoms with E-state index < -0.39 is 0 Å². The molecular weight excluding hydrogens is 379 g/mol. The van der Waals surface area contributed by atoms with E-state index in [0.29, 0.717) is 12.0 Å². The standard InChI is InChI=1S/C22H23FN2O2.ClH/c23-19-8-6-17(7-9-19)21(26)5-2-11-24-12-14-25(15-13-24)20-4-1-3-18-10-16-27-22(18)20;/h1,3-4,6-10,16H,2,5,11-15H2;1H/p-1. The van der Waals surface area contributed by atoms with Crippen molar-refractivity contribution in [3.05, 3.63) is 66.2 Å². The zero-order valence-electron chi connectivity index (χ0n) is 15.6. The van der Waals surface area contributed by atoms with Crippen LogP contribution in [0.2, 0.25) is 0 Å². The van der Waals surface area contributed by atoms with Gasteiger partial charge in [-0.05, 0) is 49.4 Å². The average molecular weight is 402 g/mol. The molecule has 4 nitrogen and oxygen atoms in total. The lowest BCUT2D eigenvalue weighted by Crippen LogP contribution is -3.00. The zero-order valence-corrected chi connectivity index (χ0v) is 16.4.